The molecule has 2 N–H and O–H groups in total. The number of halogens is 2. The van der Waals surface area contributed by atoms with Crippen LogP contribution in [0, 0.1) is 5.92 Å². The molecule has 0 radical (unpaired) electrons. The lowest BCUT2D eigenvalue weighted by atomic mass is 10.1. The van der Waals surface area contributed by atoms with Crippen molar-refractivity contribution in [3.8, 4) is 0 Å². The van der Waals surface area contributed by atoms with Crippen molar-refractivity contribution in [1.82, 2.24) is 9.80 Å². The van der Waals surface area contributed by atoms with E-state index in [9.17, 15) is 4.79 Å². The standard InChI is InChI=1S/C17H25N3O.2ClH/c18-16-7-6-15(12-16)17(21)20-10-8-19(9-11-20)13-14-4-2-1-3-5-14;;/h1-5,15-16H,6-13,18H2;2*1H. The van der Waals surface area contributed by atoms with E-state index in [4.69, 9.17) is 5.73 Å². The third kappa shape index (κ3) is 5.35. The van der Waals surface area contributed by atoms with Gasteiger partial charge >= 0.3 is 0 Å². The smallest absolute Gasteiger partial charge is 0.225 e. The molecule has 0 spiro atoms. The molecule has 130 valence electrons. The fourth-order valence-electron chi connectivity index (χ4n) is 3.47. The predicted molar refractivity (Wildman–Crippen MR) is 98.1 cm³/mol. The molecule has 1 aromatic carbocycles. The molecule has 1 aliphatic carbocycles. The van der Waals surface area contributed by atoms with Gasteiger partial charge in [0.05, 0.1) is 0 Å². The zero-order chi connectivity index (χ0) is 14.7. The Kier molecular flexibility index (Phi) is 8.34. The summed E-state index contributed by atoms with van der Waals surface area (Å²) in [5, 5.41) is 0. The number of carbonyl (C=O) groups is 1. The summed E-state index contributed by atoms with van der Waals surface area (Å²) < 4.78 is 0. The predicted octanol–water partition coefficient (Wildman–Crippen LogP) is 2.30. The van der Waals surface area contributed by atoms with Crippen molar-refractivity contribution in [2.75, 3.05) is 26.2 Å². The highest BCUT2D eigenvalue weighted by Gasteiger charge is 2.32. The van der Waals surface area contributed by atoms with Crippen LogP contribution >= 0.6 is 24.8 Å². The lowest BCUT2D eigenvalue weighted by Gasteiger charge is -2.36. The molecule has 1 aromatic rings. The molecule has 2 aliphatic rings. The van der Waals surface area contributed by atoms with Crippen molar-refractivity contribution >= 4 is 30.7 Å². The molecule has 4 nitrogen and oxygen atoms in total. The molecule has 2 atom stereocenters. The van der Waals surface area contributed by atoms with Gasteiger partial charge < -0.3 is 10.6 Å². The van der Waals surface area contributed by atoms with Crippen LogP contribution in [-0.2, 0) is 11.3 Å². The number of carbonyl (C=O) groups excluding carboxylic acids is 1. The van der Waals surface area contributed by atoms with E-state index in [1.807, 2.05) is 11.0 Å². The maximum atomic E-state index is 12.5. The molecule has 1 amide bonds. The second-order valence-electron chi connectivity index (χ2n) is 6.36. The SMILES string of the molecule is Cl.Cl.NC1CCC(C(=O)N2CCN(Cc3ccccc3)CC2)C1. The number of hydrogen-bond acceptors (Lipinski definition) is 3. The van der Waals surface area contributed by atoms with E-state index in [1.165, 1.54) is 5.56 Å². The average molecular weight is 360 g/mol. The van der Waals surface area contributed by atoms with Gasteiger partial charge in [-0.1, -0.05) is 30.3 Å². The first-order valence-electron chi connectivity index (χ1n) is 8.03. The number of nitrogens with zero attached hydrogens (tertiary/aromatic N) is 2. The van der Waals surface area contributed by atoms with Gasteiger partial charge in [-0.15, -0.1) is 24.8 Å². The van der Waals surface area contributed by atoms with Crippen molar-refractivity contribution in [3.63, 3.8) is 0 Å². The third-order valence-corrected chi connectivity index (χ3v) is 4.76. The number of benzene rings is 1. The monoisotopic (exact) mass is 359 g/mol. The van der Waals surface area contributed by atoms with Crippen LogP contribution in [0.25, 0.3) is 0 Å². The Morgan fingerprint density at radius 3 is 2.26 bits per heavy atom. The lowest BCUT2D eigenvalue weighted by molar-refractivity contribution is -0.137. The molecule has 2 unspecified atom stereocenters. The Hall–Kier alpha value is -0.810. The summed E-state index contributed by atoms with van der Waals surface area (Å²) in [5.74, 6) is 0.517. The summed E-state index contributed by atoms with van der Waals surface area (Å²) in [6.07, 6.45) is 2.86. The zero-order valence-electron chi connectivity index (χ0n) is 13.4. The fraction of sp³-hybridized carbons (Fsp3) is 0.588. The maximum absolute atomic E-state index is 12.5. The quantitative estimate of drug-likeness (QED) is 0.900. The van der Waals surface area contributed by atoms with E-state index in [-0.39, 0.29) is 36.8 Å². The van der Waals surface area contributed by atoms with Gasteiger partial charge in [0.1, 0.15) is 0 Å². The fourth-order valence-corrected chi connectivity index (χ4v) is 3.47. The largest absolute Gasteiger partial charge is 0.340 e. The number of hydrogen-bond donors (Lipinski definition) is 1. The Morgan fingerprint density at radius 2 is 1.70 bits per heavy atom. The zero-order valence-corrected chi connectivity index (χ0v) is 15.0. The molecule has 1 heterocycles. The van der Waals surface area contributed by atoms with E-state index in [1.54, 1.807) is 0 Å². The molecule has 23 heavy (non-hydrogen) atoms. The molecule has 3 rings (SSSR count). The van der Waals surface area contributed by atoms with Crippen molar-refractivity contribution in [3.05, 3.63) is 35.9 Å². The summed E-state index contributed by atoms with van der Waals surface area (Å²) in [4.78, 5) is 16.9. The highest BCUT2D eigenvalue weighted by molar-refractivity contribution is 5.85. The Morgan fingerprint density at radius 1 is 1.04 bits per heavy atom. The summed E-state index contributed by atoms with van der Waals surface area (Å²) in [7, 11) is 0. The van der Waals surface area contributed by atoms with Gasteiger partial charge in [-0.3, -0.25) is 9.69 Å². The van der Waals surface area contributed by atoms with Crippen LogP contribution in [0.1, 0.15) is 24.8 Å². The van der Waals surface area contributed by atoms with Crippen LogP contribution in [0.4, 0.5) is 0 Å². The van der Waals surface area contributed by atoms with E-state index in [0.717, 1.165) is 52.0 Å². The molecule has 1 saturated carbocycles. The summed E-state index contributed by atoms with van der Waals surface area (Å²) in [6, 6.07) is 10.8. The second kappa shape index (κ2) is 9.48. The van der Waals surface area contributed by atoms with Crippen molar-refractivity contribution in [1.29, 1.82) is 0 Å². The molecule has 1 saturated heterocycles. The van der Waals surface area contributed by atoms with E-state index < -0.39 is 0 Å². The Labute approximate surface area is 151 Å². The molecule has 0 aromatic heterocycles. The Bertz CT molecular complexity index is 478. The highest BCUT2D eigenvalue weighted by atomic mass is 35.5. The normalized spacial score (nSPS) is 24.7. The highest BCUT2D eigenvalue weighted by Crippen LogP contribution is 2.26. The number of rotatable bonds is 3. The summed E-state index contributed by atoms with van der Waals surface area (Å²) in [6.45, 7) is 4.64. The molecular weight excluding hydrogens is 333 g/mol. The van der Waals surface area contributed by atoms with Crippen LogP contribution in [0.15, 0.2) is 30.3 Å². The van der Waals surface area contributed by atoms with Crippen molar-refractivity contribution in [2.24, 2.45) is 11.7 Å². The first-order chi connectivity index (χ1) is 10.2. The van der Waals surface area contributed by atoms with E-state index in [0.29, 0.717) is 5.91 Å². The van der Waals surface area contributed by atoms with Crippen LogP contribution in [0.2, 0.25) is 0 Å². The minimum absolute atomic E-state index is 0. The van der Waals surface area contributed by atoms with Gasteiger partial charge in [-0.05, 0) is 24.8 Å². The lowest BCUT2D eigenvalue weighted by Crippen LogP contribution is -2.49. The minimum atomic E-state index is 0. The number of nitrogens with two attached hydrogens (primary N) is 1. The molecule has 6 heteroatoms. The summed E-state index contributed by atoms with van der Waals surface area (Å²) >= 11 is 0. The van der Waals surface area contributed by atoms with Crippen molar-refractivity contribution in [2.45, 2.75) is 31.8 Å². The van der Waals surface area contributed by atoms with E-state index >= 15 is 0 Å². The first kappa shape index (κ1) is 20.2. The molecular formula is C17H27Cl2N3O. The average Bonchev–Trinajstić information content (AvgIpc) is 2.95. The van der Waals surface area contributed by atoms with Crippen LogP contribution in [-0.4, -0.2) is 47.9 Å². The van der Waals surface area contributed by atoms with Gasteiger partial charge in [0.25, 0.3) is 0 Å². The minimum Gasteiger partial charge on any atom is -0.340 e. The number of piperazine rings is 1. The first-order valence-corrected chi connectivity index (χ1v) is 8.03. The van der Waals surface area contributed by atoms with Gasteiger partial charge in [-0.2, -0.15) is 0 Å². The third-order valence-electron chi connectivity index (χ3n) is 4.76. The van der Waals surface area contributed by atoms with Crippen LogP contribution in [0.5, 0.6) is 0 Å². The second-order valence-corrected chi connectivity index (χ2v) is 6.36. The molecule has 1 aliphatic heterocycles. The number of amides is 1. The van der Waals surface area contributed by atoms with Gasteiger partial charge in [-0.25, -0.2) is 0 Å². The van der Waals surface area contributed by atoms with E-state index in [2.05, 4.69) is 29.2 Å². The van der Waals surface area contributed by atoms with Gasteiger partial charge in [0, 0.05) is 44.7 Å². The van der Waals surface area contributed by atoms with Crippen LogP contribution < -0.4 is 5.73 Å². The van der Waals surface area contributed by atoms with Gasteiger partial charge in [0.2, 0.25) is 5.91 Å². The maximum Gasteiger partial charge on any atom is 0.225 e. The van der Waals surface area contributed by atoms with Gasteiger partial charge in [0.15, 0.2) is 0 Å². The van der Waals surface area contributed by atoms with Crippen LogP contribution in [0.3, 0.4) is 0 Å². The topological polar surface area (TPSA) is 49.6 Å². The molecule has 0 bridgehead atoms. The summed E-state index contributed by atoms with van der Waals surface area (Å²) in [5.41, 5.74) is 7.27. The van der Waals surface area contributed by atoms with Crippen molar-refractivity contribution < 1.29 is 4.79 Å². The molecule has 2 fully saturated rings. The Balaban J connectivity index is 0.00000132.